The molecule has 1 saturated heterocycles. The molecule has 10 heteroatoms. The summed E-state index contributed by atoms with van der Waals surface area (Å²) in [6, 6.07) is 10.3. The minimum Gasteiger partial charge on any atom is -0.366 e. The Balaban J connectivity index is 1.57. The largest absolute Gasteiger partial charge is 0.366 e. The van der Waals surface area contributed by atoms with E-state index in [2.05, 4.69) is 15.5 Å². The Labute approximate surface area is 189 Å². The fraction of sp³-hybridized carbons (Fsp3) is 0.273. The highest BCUT2D eigenvalue weighted by atomic mass is 35.5. The molecule has 8 nitrogen and oxygen atoms in total. The molecule has 0 radical (unpaired) electrons. The molecule has 1 atom stereocenters. The van der Waals surface area contributed by atoms with Gasteiger partial charge in [0.1, 0.15) is 11.6 Å². The number of hydrogen-bond acceptors (Lipinski definition) is 4. The van der Waals surface area contributed by atoms with Gasteiger partial charge in [-0.15, -0.1) is 10.2 Å². The number of rotatable bonds is 5. The van der Waals surface area contributed by atoms with Crippen LogP contribution in [0.2, 0.25) is 5.02 Å². The SMILES string of the molecule is Cc1nnc([C@H]2CCCN2C(=O)Nc2cc(C(N)=O)ccc2F)n1Cc1ccc(Cl)cc1. The first-order chi connectivity index (χ1) is 15.3. The van der Waals surface area contributed by atoms with Gasteiger partial charge >= 0.3 is 6.03 Å². The Morgan fingerprint density at radius 3 is 2.69 bits per heavy atom. The summed E-state index contributed by atoms with van der Waals surface area (Å²) in [6.07, 6.45) is 1.48. The highest BCUT2D eigenvalue weighted by Crippen LogP contribution is 2.32. The summed E-state index contributed by atoms with van der Waals surface area (Å²) >= 11 is 5.98. The van der Waals surface area contributed by atoms with Crippen molar-refractivity contribution in [3.8, 4) is 0 Å². The van der Waals surface area contributed by atoms with Gasteiger partial charge in [0.25, 0.3) is 0 Å². The molecule has 1 aliphatic rings. The molecule has 32 heavy (non-hydrogen) atoms. The summed E-state index contributed by atoms with van der Waals surface area (Å²) in [6.45, 7) is 2.88. The minimum atomic E-state index is -0.703. The van der Waals surface area contributed by atoms with Crippen LogP contribution in [0.1, 0.15) is 46.5 Å². The van der Waals surface area contributed by atoms with Crippen LogP contribution in [0.4, 0.5) is 14.9 Å². The van der Waals surface area contributed by atoms with Crippen molar-refractivity contribution >= 4 is 29.2 Å². The van der Waals surface area contributed by atoms with E-state index in [0.717, 1.165) is 23.9 Å². The summed E-state index contributed by atoms with van der Waals surface area (Å²) in [5.74, 6) is 0.0324. The van der Waals surface area contributed by atoms with Crippen LogP contribution in [-0.2, 0) is 6.54 Å². The summed E-state index contributed by atoms with van der Waals surface area (Å²) in [4.78, 5) is 26.0. The molecule has 0 spiro atoms. The zero-order valence-corrected chi connectivity index (χ0v) is 18.1. The van der Waals surface area contributed by atoms with E-state index in [-0.39, 0.29) is 17.3 Å². The lowest BCUT2D eigenvalue weighted by Gasteiger charge is -2.25. The highest BCUT2D eigenvalue weighted by molar-refractivity contribution is 6.30. The Bertz CT molecular complexity index is 1160. The molecule has 1 fully saturated rings. The number of carbonyl (C=O) groups excluding carboxylic acids is 2. The van der Waals surface area contributed by atoms with Gasteiger partial charge in [-0.2, -0.15) is 0 Å². The van der Waals surface area contributed by atoms with Crippen molar-refractivity contribution in [3.63, 3.8) is 0 Å². The summed E-state index contributed by atoms with van der Waals surface area (Å²) in [5.41, 5.74) is 6.30. The fourth-order valence-electron chi connectivity index (χ4n) is 3.85. The number of nitrogens with one attached hydrogen (secondary N) is 1. The molecule has 0 aliphatic carbocycles. The maximum Gasteiger partial charge on any atom is 0.322 e. The summed E-state index contributed by atoms with van der Waals surface area (Å²) in [5, 5.41) is 11.8. The number of nitrogens with two attached hydrogens (primary N) is 1. The number of benzene rings is 2. The van der Waals surface area contributed by atoms with E-state index in [9.17, 15) is 14.0 Å². The van der Waals surface area contributed by atoms with Gasteiger partial charge in [-0.3, -0.25) is 4.79 Å². The van der Waals surface area contributed by atoms with Crippen molar-refractivity contribution in [1.82, 2.24) is 19.7 Å². The van der Waals surface area contributed by atoms with Crippen LogP contribution in [0, 0.1) is 12.7 Å². The molecule has 4 rings (SSSR count). The van der Waals surface area contributed by atoms with Crippen molar-refractivity contribution < 1.29 is 14.0 Å². The van der Waals surface area contributed by atoms with E-state index in [1.54, 1.807) is 4.90 Å². The Morgan fingerprint density at radius 1 is 1.22 bits per heavy atom. The smallest absolute Gasteiger partial charge is 0.322 e. The van der Waals surface area contributed by atoms with Crippen molar-refractivity contribution in [3.05, 3.63) is 76.1 Å². The van der Waals surface area contributed by atoms with E-state index in [1.807, 2.05) is 35.8 Å². The van der Waals surface area contributed by atoms with E-state index < -0.39 is 17.8 Å². The van der Waals surface area contributed by atoms with Crippen molar-refractivity contribution in [2.24, 2.45) is 5.73 Å². The molecule has 166 valence electrons. The van der Waals surface area contributed by atoms with Gasteiger partial charge in [0.15, 0.2) is 5.82 Å². The molecule has 3 N–H and O–H groups in total. The van der Waals surface area contributed by atoms with Crippen LogP contribution in [0.15, 0.2) is 42.5 Å². The van der Waals surface area contributed by atoms with Gasteiger partial charge in [0.2, 0.25) is 5.91 Å². The normalized spacial score (nSPS) is 15.7. The molecular weight excluding hydrogens is 435 g/mol. The van der Waals surface area contributed by atoms with E-state index >= 15 is 0 Å². The number of likely N-dealkylation sites (tertiary alicyclic amines) is 1. The molecular formula is C22H22ClFN6O2. The van der Waals surface area contributed by atoms with Crippen LogP contribution in [0.25, 0.3) is 0 Å². The van der Waals surface area contributed by atoms with Gasteiger partial charge < -0.3 is 20.5 Å². The average molecular weight is 457 g/mol. The number of primary amides is 1. The summed E-state index contributed by atoms with van der Waals surface area (Å²) < 4.78 is 16.2. The number of carbonyl (C=O) groups is 2. The topological polar surface area (TPSA) is 106 Å². The third-order valence-electron chi connectivity index (χ3n) is 5.52. The number of nitrogens with zero attached hydrogens (tertiary/aromatic N) is 4. The predicted molar refractivity (Wildman–Crippen MR) is 118 cm³/mol. The van der Waals surface area contributed by atoms with Crippen molar-refractivity contribution in [2.45, 2.75) is 32.4 Å². The Morgan fingerprint density at radius 2 is 1.97 bits per heavy atom. The molecule has 0 saturated carbocycles. The van der Waals surface area contributed by atoms with Gasteiger partial charge in [0, 0.05) is 17.1 Å². The number of urea groups is 1. The monoisotopic (exact) mass is 456 g/mol. The first kappa shape index (κ1) is 21.8. The number of aromatic nitrogens is 3. The van der Waals surface area contributed by atoms with Gasteiger partial charge in [0.05, 0.1) is 18.3 Å². The second-order valence-electron chi connectivity index (χ2n) is 7.66. The molecule has 0 unspecified atom stereocenters. The Kier molecular flexibility index (Phi) is 6.09. The molecule has 2 heterocycles. The lowest BCUT2D eigenvalue weighted by molar-refractivity contribution is 0.1000. The fourth-order valence-corrected chi connectivity index (χ4v) is 3.98. The second-order valence-corrected chi connectivity index (χ2v) is 8.09. The first-order valence-corrected chi connectivity index (χ1v) is 10.5. The standard InChI is InChI=1S/C22H22ClFN6O2/c1-13-27-28-21(30(13)12-14-4-7-16(23)8-5-14)19-3-2-10-29(19)22(32)26-18-11-15(20(25)31)6-9-17(18)24/h4-9,11,19H,2-3,10,12H2,1H3,(H2,25,31)(H,26,32)/t19-/m1/s1. The predicted octanol–water partition coefficient (Wildman–Crippen LogP) is 3.90. The van der Waals surface area contributed by atoms with E-state index in [4.69, 9.17) is 17.3 Å². The quantitative estimate of drug-likeness (QED) is 0.607. The highest BCUT2D eigenvalue weighted by Gasteiger charge is 2.34. The van der Waals surface area contributed by atoms with E-state index in [1.165, 1.54) is 12.1 Å². The van der Waals surface area contributed by atoms with Gasteiger partial charge in [-0.05, 0) is 55.7 Å². The first-order valence-electron chi connectivity index (χ1n) is 10.1. The molecule has 1 aliphatic heterocycles. The minimum absolute atomic E-state index is 0.101. The molecule has 3 amide bonds. The zero-order valence-electron chi connectivity index (χ0n) is 17.4. The lowest BCUT2D eigenvalue weighted by Crippen LogP contribution is -2.36. The third kappa shape index (κ3) is 4.43. The molecule has 3 aromatic rings. The van der Waals surface area contributed by atoms with Crippen LogP contribution in [0.5, 0.6) is 0 Å². The maximum atomic E-state index is 14.2. The number of aryl methyl sites for hydroxylation is 1. The molecule has 2 aromatic carbocycles. The third-order valence-corrected chi connectivity index (χ3v) is 5.77. The Hall–Kier alpha value is -3.46. The lowest BCUT2D eigenvalue weighted by atomic mass is 10.1. The van der Waals surface area contributed by atoms with Crippen molar-refractivity contribution in [2.75, 3.05) is 11.9 Å². The maximum absolute atomic E-state index is 14.2. The van der Waals surface area contributed by atoms with E-state index in [0.29, 0.717) is 30.4 Å². The number of hydrogen-bond donors (Lipinski definition) is 2. The number of halogens is 2. The van der Waals surface area contributed by atoms with Crippen LogP contribution in [-0.4, -0.2) is 38.1 Å². The van der Waals surface area contributed by atoms with Gasteiger partial charge in [-0.1, -0.05) is 23.7 Å². The number of anilines is 1. The van der Waals surface area contributed by atoms with Crippen LogP contribution < -0.4 is 11.1 Å². The van der Waals surface area contributed by atoms with Crippen molar-refractivity contribution in [1.29, 1.82) is 0 Å². The zero-order chi connectivity index (χ0) is 22.8. The van der Waals surface area contributed by atoms with Crippen LogP contribution in [0.3, 0.4) is 0 Å². The molecule has 1 aromatic heterocycles. The average Bonchev–Trinajstić information content (AvgIpc) is 3.38. The molecule has 0 bridgehead atoms. The second kappa shape index (κ2) is 8.96. The summed E-state index contributed by atoms with van der Waals surface area (Å²) in [7, 11) is 0. The number of amides is 3. The van der Waals surface area contributed by atoms with Gasteiger partial charge in [-0.25, -0.2) is 9.18 Å². The van der Waals surface area contributed by atoms with Crippen LogP contribution >= 0.6 is 11.6 Å².